The molecule has 1 aromatic heterocycles. The van der Waals surface area contributed by atoms with Crippen molar-refractivity contribution in [1.82, 2.24) is 4.98 Å². The van der Waals surface area contributed by atoms with Gasteiger partial charge in [-0.3, -0.25) is 0 Å². The van der Waals surface area contributed by atoms with Crippen LogP contribution in [0.4, 0.5) is 0 Å². The minimum atomic E-state index is -0.358. The van der Waals surface area contributed by atoms with Gasteiger partial charge in [0.05, 0.1) is 12.2 Å². The molecule has 0 saturated heterocycles. The molecule has 0 saturated carbocycles. The van der Waals surface area contributed by atoms with Gasteiger partial charge in [-0.15, -0.1) is 0 Å². The molecule has 0 aliphatic rings. The Morgan fingerprint density at radius 3 is 3.08 bits per heavy atom. The molecular formula is C9H11NO2S. The average molecular weight is 197 g/mol. The Labute approximate surface area is 81.7 Å². The Kier molecular flexibility index (Phi) is 3.64. The largest absolute Gasteiger partial charge is 0.462 e. The quantitative estimate of drug-likeness (QED) is 0.597. The van der Waals surface area contributed by atoms with Crippen molar-refractivity contribution < 1.29 is 9.53 Å². The monoisotopic (exact) mass is 197 g/mol. The smallest absolute Gasteiger partial charge is 0.341 e. The lowest BCUT2D eigenvalue weighted by Crippen LogP contribution is -2.06. The number of carbonyl (C=O) groups excluding carboxylic acids is 1. The predicted octanol–water partition coefficient (Wildman–Crippen LogP) is 2.31. The van der Waals surface area contributed by atoms with Gasteiger partial charge >= 0.3 is 5.97 Å². The maximum atomic E-state index is 11.3. The first-order valence-electron chi connectivity index (χ1n) is 4.10. The van der Waals surface area contributed by atoms with Crippen LogP contribution in [0.1, 0.15) is 23.7 Å². The first kappa shape index (κ1) is 9.92. The zero-order chi connectivity index (χ0) is 9.68. The van der Waals surface area contributed by atoms with E-state index < -0.39 is 0 Å². The van der Waals surface area contributed by atoms with Crippen molar-refractivity contribution in [2.45, 2.75) is 13.3 Å². The van der Waals surface area contributed by atoms with Crippen LogP contribution in [0.2, 0.25) is 0 Å². The van der Waals surface area contributed by atoms with Gasteiger partial charge in [-0.25, -0.2) is 4.79 Å². The number of hydrogen-bond acceptors (Lipinski definition) is 3. The van der Waals surface area contributed by atoms with E-state index in [-0.39, 0.29) is 5.97 Å². The van der Waals surface area contributed by atoms with Crippen LogP contribution in [-0.2, 0) is 4.74 Å². The summed E-state index contributed by atoms with van der Waals surface area (Å²) >= 11 is 4.92. The lowest BCUT2D eigenvalue weighted by Gasteiger charge is -2.01. The van der Waals surface area contributed by atoms with Gasteiger partial charge in [-0.1, -0.05) is 19.1 Å². The van der Waals surface area contributed by atoms with Gasteiger partial charge in [0, 0.05) is 6.20 Å². The fourth-order valence-corrected chi connectivity index (χ4v) is 1.07. The van der Waals surface area contributed by atoms with E-state index >= 15 is 0 Å². The van der Waals surface area contributed by atoms with Crippen LogP contribution in [0, 0.1) is 4.64 Å². The minimum absolute atomic E-state index is 0.358. The molecule has 4 heteroatoms. The lowest BCUT2D eigenvalue weighted by molar-refractivity contribution is 0.0504. The molecule has 0 aliphatic heterocycles. The second-order valence-corrected chi connectivity index (χ2v) is 2.96. The Morgan fingerprint density at radius 1 is 1.69 bits per heavy atom. The van der Waals surface area contributed by atoms with Gasteiger partial charge in [0.2, 0.25) is 0 Å². The first-order valence-corrected chi connectivity index (χ1v) is 4.51. The van der Waals surface area contributed by atoms with E-state index in [1.165, 1.54) is 0 Å². The highest BCUT2D eigenvalue weighted by Crippen LogP contribution is 2.02. The van der Waals surface area contributed by atoms with Gasteiger partial charge in [0.1, 0.15) is 4.64 Å². The topological polar surface area (TPSA) is 42.1 Å². The Morgan fingerprint density at radius 2 is 2.46 bits per heavy atom. The number of carbonyl (C=O) groups is 1. The van der Waals surface area contributed by atoms with Gasteiger partial charge in [-0.05, 0) is 18.6 Å². The molecule has 0 aliphatic carbocycles. The van der Waals surface area contributed by atoms with Gasteiger partial charge in [0.25, 0.3) is 0 Å². The highest BCUT2D eigenvalue weighted by atomic mass is 32.1. The molecular weight excluding hydrogens is 186 g/mol. The van der Waals surface area contributed by atoms with Crippen molar-refractivity contribution in [3.05, 3.63) is 28.5 Å². The number of ether oxygens (including phenoxy) is 1. The third kappa shape index (κ3) is 2.66. The van der Waals surface area contributed by atoms with E-state index in [1.54, 1.807) is 18.3 Å². The SMILES string of the molecule is CCCOC(=O)c1ccc[nH]c1=S. The number of H-pyrrole nitrogens is 1. The third-order valence-corrected chi connectivity index (χ3v) is 1.81. The van der Waals surface area contributed by atoms with Gasteiger partial charge in [-0.2, -0.15) is 0 Å². The van der Waals surface area contributed by atoms with Crippen LogP contribution in [0.15, 0.2) is 18.3 Å². The molecule has 1 aromatic rings. The van der Waals surface area contributed by atoms with E-state index in [9.17, 15) is 4.79 Å². The molecule has 13 heavy (non-hydrogen) atoms. The highest BCUT2D eigenvalue weighted by Gasteiger charge is 2.07. The van der Waals surface area contributed by atoms with Crippen LogP contribution < -0.4 is 0 Å². The van der Waals surface area contributed by atoms with Crippen molar-refractivity contribution in [3.8, 4) is 0 Å². The zero-order valence-electron chi connectivity index (χ0n) is 7.37. The fraction of sp³-hybridized carbons (Fsp3) is 0.333. The summed E-state index contributed by atoms with van der Waals surface area (Å²) in [7, 11) is 0. The average Bonchev–Trinajstić information content (AvgIpc) is 2.15. The van der Waals surface area contributed by atoms with Crippen LogP contribution in [0.25, 0.3) is 0 Å². The van der Waals surface area contributed by atoms with E-state index in [2.05, 4.69) is 4.98 Å². The van der Waals surface area contributed by atoms with E-state index in [1.807, 2.05) is 6.92 Å². The molecule has 1 rings (SSSR count). The van der Waals surface area contributed by atoms with Crippen LogP contribution in [0.3, 0.4) is 0 Å². The number of esters is 1. The maximum absolute atomic E-state index is 11.3. The van der Waals surface area contributed by atoms with Gasteiger partial charge < -0.3 is 9.72 Å². The number of pyridine rings is 1. The van der Waals surface area contributed by atoms with E-state index in [4.69, 9.17) is 17.0 Å². The normalized spacial score (nSPS) is 9.62. The molecule has 70 valence electrons. The summed E-state index contributed by atoms with van der Waals surface area (Å²) in [5, 5.41) is 0. The van der Waals surface area contributed by atoms with Gasteiger partial charge in [0.15, 0.2) is 0 Å². The van der Waals surface area contributed by atoms with Crippen molar-refractivity contribution in [1.29, 1.82) is 0 Å². The fourth-order valence-electron chi connectivity index (χ4n) is 0.855. The molecule has 0 unspecified atom stereocenters. The molecule has 0 radical (unpaired) electrons. The maximum Gasteiger partial charge on any atom is 0.341 e. The van der Waals surface area contributed by atoms with Crippen LogP contribution in [-0.4, -0.2) is 17.6 Å². The summed E-state index contributed by atoms with van der Waals surface area (Å²) in [4.78, 5) is 14.1. The van der Waals surface area contributed by atoms with Crippen molar-refractivity contribution in [2.75, 3.05) is 6.61 Å². The minimum Gasteiger partial charge on any atom is -0.462 e. The number of aromatic nitrogens is 1. The second-order valence-electron chi connectivity index (χ2n) is 2.55. The zero-order valence-corrected chi connectivity index (χ0v) is 8.19. The Balaban J connectivity index is 2.77. The number of nitrogens with one attached hydrogen (secondary N) is 1. The summed E-state index contributed by atoms with van der Waals surface area (Å²) in [5.41, 5.74) is 0.422. The molecule has 0 spiro atoms. The van der Waals surface area contributed by atoms with E-state index in [0.29, 0.717) is 16.8 Å². The molecule has 1 N–H and O–H groups in total. The second kappa shape index (κ2) is 4.77. The summed E-state index contributed by atoms with van der Waals surface area (Å²) in [6, 6.07) is 3.37. The van der Waals surface area contributed by atoms with Crippen LogP contribution in [0.5, 0.6) is 0 Å². The predicted molar refractivity (Wildman–Crippen MR) is 52.2 cm³/mol. The number of aromatic amines is 1. The standard InChI is InChI=1S/C9H11NO2S/c1-2-6-12-9(11)7-4-3-5-10-8(7)13/h3-5H,2,6H2,1H3,(H,10,13). The molecule has 0 amide bonds. The van der Waals surface area contributed by atoms with Crippen molar-refractivity contribution in [2.24, 2.45) is 0 Å². The van der Waals surface area contributed by atoms with E-state index in [0.717, 1.165) is 6.42 Å². The third-order valence-electron chi connectivity index (χ3n) is 1.48. The van der Waals surface area contributed by atoms with Crippen molar-refractivity contribution in [3.63, 3.8) is 0 Å². The molecule has 0 bridgehead atoms. The highest BCUT2D eigenvalue weighted by molar-refractivity contribution is 7.71. The molecule has 0 aromatic carbocycles. The Hall–Kier alpha value is -1.16. The summed E-state index contributed by atoms with van der Waals surface area (Å²) in [6.07, 6.45) is 2.49. The molecule has 0 atom stereocenters. The molecule has 3 nitrogen and oxygen atoms in total. The first-order chi connectivity index (χ1) is 6.25. The molecule has 0 fully saturated rings. The van der Waals surface area contributed by atoms with Crippen LogP contribution >= 0.6 is 12.2 Å². The summed E-state index contributed by atoms with van der Waals surface area (Å²) in [5.74, 6) is -0.358. The van der Waals surface area contributed by atoms with Crippen molar-refractivity contribution >= 4 is 18.2 Å². The number of hydrogen-bond donors (Lipinski definition) is 1. The molecule has 1 heterocycles. The number of rotatable bonds is 3. The lowest BCUT2D eigenvalue weighted by atomic mass is 10.3. The summed E-state index contributed by atoms with van der Waals surface area (Å²) in [6.45, 7) is 2.38. The summed E-state index contributed by atoms with van der Waals surface area (Å²) < 4.78 is 5.35. The Bertz CT molecular complexity index is 345.